The van der Waals surface area contributed by atoms with Crippen molar-refractivity contribution >= 4 is 11.9 Å². The van der Waals surface area contributed by atoms with Gasteiger partial charge in [-0.25, -0.2) is 9.78 Å². The lowest BCUT2D eigenvalue weighted by Crippen LogP contribution is -2.37. The molecule has 1 amide bonds. The number of aromatic carboxylic acids is 1. The van der Waals surface area contributed by atoms with Crippen LogP contribution in [0.1, 0.15) is 32.0 Å². The Morgan fingerprint density at radius 2 is 2.05 bits per heavy atom. The topological polar surface area (TPSA) is 70.5 Å². The fourth-order valence-corrected chi connectivity index (χ4v) is 2.49. The van der Waals surface area contributed by atoms with Crippen molar-refractivity contribution < 1.29 is 14.7 Å². The Balaban J connectivity index is 1.77. The quantitative estimate of drug-likeness (QED) is 0.934. The first-order chi connectivity index (χ1) is 10.1. The van der Waals surface area contributed by atoms with Crippen LogP contribution < -0.4 is 0 Å². The average Bonchev–Trinajstić information content (AvgIpc) is 2.51. The molecule has 1 aliphatic rings. The Morgan fingerprint density at radius 3 is 2.76 bits per heavy atom. The van der Waals surface area contributed by atoms with Crippen LogP contribution in [0.5, 0.6) is 0 Å². The van der Waals surface area contributed by atoms with Gasteiger partial charge >= 0.3 is 5.97 Å². The highest BCUT2D eigenvalue weighted by Gasteiger charge is 2.23. The molecule has 1 aromatic heterocycles. The number of carboxylic acid groups (broad SMARTS) is 1. The molecule has 5 nitrogen and oxygen atoms in total. The second-order valence-electron chi connectivity index (χ2n) is 4.99. The number of fused-ring (bicyclic) bond motifs is 1. The van der Waals surface area contributed by atoms with Crippen LogP contribution in [-0.2, 0) is 13.0 Å². The third-order valence-electron chi connectivity index (χ3n) is 3.60. The molecule has 0 atom stereocenters. The van der Waals surface area contributed by atoms with Crippen LogP contribution in [0, 0.1) is 0 Å². The minimum atomic E-state index is -1.05. The number of carboxylic acids is 1. The first-order valence-electron chi connectivity index (χ1n) is 6.70. The van der Waals surface area contributed by atoms with Crippen molar-refractivity contribution in [3.05, 3.63) is 65.0 Å². The number of amides is 1. The van der Waals surface area contributed by atoms with E-state index in [0.29, 0.717) is 13.1 Å². The standard InChI is InChI=1S/C16H14N2O3/c19-15-13-4-2-1-3-12(13)7-8-18(15)10-11-5-6-14(16(20)21)17-9-11/h1-6,9H,7-8,10H2,(H,20,21). The summed E-state index contributed by atoms with van der Waals surface area (Å²) in [6, 6.07) is 10.8. The van der Waals surface area contributed by atoms with Gasteiger partial charge in [0.25, 0.3) is 5.91 Å². The fourth-order valence-electron chi connectivity index (χ4n) is 2.49. The summed E-state index contributed by atoms with van der Waals surface area (Å²) in [5, 5.41) is 8.82. The maximum Gasteiger partial charge on any atom is 0.354 e. The van der Waals surface area contributed by atoms with E-state index >= 15 is 0 Å². The Labute approximate surface area is 121 Å². The highest BCUT2D eigenvalue weighted by Crippen LogP contribution is 2.20. The molecular weight excluding hydrogens is 268 g/mol. The van der Waals surface area contributed by atoms with Crippen LogP contribution in [0.15, 0.2) is 42.6 Å². The van der Waals surface area contributed by atoms with E-state index in [1.54, 1.807) is 11.0 Å². The SMILES string of the molecule is O=C(O)c1ccc(CN2CCc3ccccc3C2=O)cn1. The number of rotatable bonds is 3. The van der Waals surface area contributed by atoms with E-state index < -0.39 is 5.97 Å². The molecule has 2 aromatic rings. The summed E-state index contributed by atoms with van der Waals surface area (Å²) in [6.45, 7) is 1.11. The summed E-state index contributed by atoms with van der Waals surface area (Å²) in [6.07, 6.45) is 2.35. The summed E-state index contributed by atoms with van der Waals surface area (Å²) in [7, 11) is 0. The summed E-state index contributed by atoms with van der Waals surface area (Å²) in [5.41, 5.74) is 2.67. The number of pyridine rings is 1. The highest BCUT2D eigenvalue weighted by atomic mass is 16.4. The molecular formula is C16H14N2O3. The molecule has 5 heteroatoms. The highest BCUT2D eigenvalue weighted by molar-refractivity contribution is 5.96. The molecule has 1 aliphatic heterocycles. The van der Waals surface area contributed by atoms with Crippen LogP contribution in [0.25, 0.3) is 0 Å². The maximum atomic E-state index is 12.4. The normalized spacial score (nSPS) is 13.9. The zero-order chi connectivity index (χ0) is 14.8. The third-order valence-corrected chi connectivity index (χ3v) is 3.60. The smallest absolute Gasteiger partial charge is 0.354 e. The monoisotopic (exact) mass is 282 g/mol. The number of benzene rings is 1. The van der Waals surface area contributed by atoms with Gasteiger partial charge in [-0.1, -0.05) is 24.3 Å². The van der Waals surface area contributed by atoms with Crippen LogP contribution >= 0.6 is 0 Å². The lowest BCUT2D eigenvalue weighted by Gasteiger charge is -2.28. The van der Waals surface area contributed by atoms with Crippen molar-refractivity contribution in [3.8, 4) is 0 Å². The van der Waals surface area contributed by atoms with E-state index in [1.807, 2.05) is 24.3 Å². The van der Waals surface area contributed by atoms with E-state index in [9.17, 15) is 9.59 Å². The van der Waals surface area contributed by atoms with Gasteiger partial charge in [0.15, 0.2) is 0 Å². The van der Waals surface area contributed by atoms with Crippen molar-refractivity contribution in [3.63, 3.8) is 0 Å². The van der Waals surface area contributed by atoms with Gasteiger partial charge in [-0.3, -0.25) is 4.79 Å². The predicted molar refractivity (Wildman–Crippen MR) is 76.1 cm³/mol. The number of carbonyl (C=O) groups is 2. The van der Waals surface area contributed by atoms with Crippen LogP contribution in [0.2, 0.25) is 0 Å². The number of nitrogens with zero attached hydrogens (tertiary/aromatic N) is 2. The Morgan fingerprint density at radius 1 is 1.24 bits per heavy atom. The van der Waals surface area contributed by atoms with Gasteiger partial charge in [0.1, 0.15) is 5.69 Å². The third kappa shape index (κ3) is 2.63. The zero-order valence-corrected chi connectivity index (χ0v) is 11.3. The van der Waals surface area contributed by atoms with Crippen molar-refractivity contribution in [1.82, 2.24) is 9.88 Å². The van der Waals surface area contributed by atoms with Gasteiger partial charge in [-0.15, -0.1) is 0 Å². The number of hydrogen-bond acceptors (Lipinski definition) is 3. The first kappa shape index (κ1) is 13.3. The molecule has 0 saturated heterocycles. The number of aromatic nitrogens is 1. The van der Waals surface area contributed by atoms with Crippen molar-refractivity contribution in [2.24, 2.45) is 0 Å². The van der Waals surface area contributed by atoms with Crippen LogP contribution in [0.3, 0.4) is 0 Å². The summed E-state index contributed by atoms with van der Waals surface area (Å²) in [5.74, 6) is -1.04. The summed E-state index contributed by atoms with van der Waals surface area (Å²) >= 11 is 0. The fraction of sp³-hybridized carbons (Fsp3) is 0.188. The maximum absolute atomic E-state index is 12.4. The second-order valence-corrected chi connectivity index (χ2v) is 4.99. The van der Waals surface area contributed by atoms with Crippen LogP contribution in [0.4, 0.5) is 0 Å². The molecule has 0 aliphatic carbocycles. The van der Waals surface area contributed by atoms with Gasteiger partial charge < -0.3 is 10.0 Å². The average molecular weight is 282 g/mol. The summed E-state index contributed by atoms with van der Waals surface area (Å²) in [4.78, 5) is 28.8. The molecule has 0 saturated carbocycles. The van der Waals surface area contributed by atoms with Gasteiger partial charge in [-0.05, 0) is 29.7 Å². The molecule has 0 fully saturated rings. The van der Waals surface area contributed by atoms with Crippen molar-refractivity contribution in [2.75, 3.05) is 6.54 Å². The lowest BCUT2D eigenvalue weighted by atomic mass is 9.99. The van der Waals surface area contributed by atoms with E-state index in [1.165, 1.54) is 12.3 Å². The van der Waals surface area contributed by atoms with Gasteiger partial charge in [-0.2, -0.15) is 0 Å². The predicted octanol–water partition coefficient (Wildman–Crippen LogP) is 1.98. The molecule has 0 unspecified atom stereocenters. The Bertz CT molecular complexity index is 695. The van der Waals surface area contributed by atoms with Gasteiger partial charge in [0.05, 0.1) is 0 Å². The minimum absolute atomic E-state index is 0.00839. The molecule has 0 bridgehead atoms. The van der Waals surface area contributed by atoms with E-state index in [0.717, 1.165) is 23.1 Å². The summed E-state index contributed by atoms with van der Waals surface area (Å²) < 4.78 is 0. The van der Waals surface area contributed by atoms with E-state index in [-0.39, 0.29) is 11.6 Å². The molecule has 21 heavy (non-hydrogen) atoms. The molecule has 0 radical (unpaired) electrons. The number of carbonyl (C=O) groups excluding carboxylic acids is 1. The Kier molecular flexibility index (Phi) is 3.39. The zero-order valence-electron chi connectivity index (χ0n) is 11.3. The molecule has 2 heterocycles. The second kappa shape index (κ2) is 5.36. The molecule has 106 valence electrons. The molecule has 3 rings (SSSR count). The first-order valence-corrected chi connectivity index (χ1v) is 6.70. The van der Waals surface area contributed by atoms with Gasteiger partial charge in [0.2, 0.25) is 0 Å². The number of hydrogen-bond donors (Lipinski definition) is 1. The minimum Gasteiger partial charge on any atom is -0.477 e. The van der Waals surface area contributed by atoms with Crippen LogP contribution in [-0.4, -0.2) is 33.4 Å². The molecule has 0 spiro atoms. The largest absolute Gasteiger partial charge is 0.477 e. The van der Waals surface area contributed by atoms with Crippen molar-refractivity contribution in [2.45, 2.75) is 13.0 Å². The van der Waals surface area contributed by atoms with Gasteiger partial charge in [0, 0.05) is 24.8 Å². The van der Waals surface area contributed by atoms with E-state index in [2.05, 4.69) is 4.98 Å². The molecule has 1 N–H and O–H groups in total. The van der Waals surface area contributed by atoms with Crippen molar-refractivity contribution in [1.29, 1.82) is 0 Å². The Hall–Kier alpha value is -2.69. The van der Waals surface area contributed by atoms with E-state index in [4.69, 9.17) is 5.11 Å². The molecule has 1 aromatic carbocycles. The lowest BCUT2D eigenvalue weighted by molar-refractivity contribution is 0.0686.